The number of anilines is 2. The van der Waals surface area contributed by atoms with E-state index >= 15 is 0 Å². The molecule has 1 aliphatic heterocycles. The molecule has 0 bridgehead atoms. The van der Waals surface area contributed by atoms with Gasteiger partial charge in [0.2, 0.25) is 0 Å². The van der Waals surface area contributed by atoms with Gasteiger partial charge in [-0.1, -0.05) is 15.9 Å². The Balaban J connectivity index is 1.78. The topological polar surface area (TPSA) is 88.6 Å². The van der Waals surface area contributed by atoms with Crippen molar-refractivity contribution in [2.45, 2.75) is 31.0 Å². The molecule has 28 heavy (non-hydrogen) atoms. The van der Waals surface area contributed by atoms with Gasteiger partial charge in [-0.2, -0.15) is 0 Å². The number of hydrogen-bond acceptors (Lipinski definition) is 6. The molecule has 1 aromatic heterocycles. The van der Waals surface area contributed by atoms with Crippen LogP contribution in [0.1, 0.15) is 24.2 Å². The van der Waals surface area contributed by atoms with Crippen LogP contribution in [0.2, 0.25) is 0 Å². The monoisotopic (exact) mass is 467 g/mol. The second-order valence-electron chi connectivity index (χ2n) is 6.93. The summed E-state index contributed by atoms with van der Waals surface area (Å²) in [6, 6.07) is 8.16. The minimum atomic E-state index is -3.49. The third kappa shape index (κ3) is 4.89. The van der Waals surface area contributed by atoms with Crippen LogP contribution in [0.15, 0.2) is 45.9 Å². The molecule has 150 valence electrons. The first-order valence-electron chi connectivity index (χ1n) is 8.81. The zero-order chi connectivity index (χ0) is 20.5. The zero-order valence-electron chi connectivity index (χ0n) is 15.8. The number of ether oxygens (including phenoxy) is 1. The predicted molar refractivity (Wildman–Crippen MR) is 112 cm³/mol. The highest BCUT2D eigenvalue weighted by atomic mass is 79.9. The van der Waals surface area contributed by atoms with Crippen molar-refractivity contribution >= 4 is 43.2 Å². The smallest absolute Gasteiger partial charge is 0.257 e. The molecule has 2 unspecified atom stereocenters. The van der Waals surface area contributed by atoms with Gasteiger partial charge in [0.1, 0.15) is 5.82 Å². The van der Waals surface area contributed by atoms with E-state index in [-0.39, 0.29) is 22.8 Å². The number of amides is 1. The molecule has 1 fully saturated rings. The zero-order valence-corrected chi connectivity index (χ0v) is 18.2. The number of nitrogens with zero attached hydrogens (tertiary/aromatic N) is 2. The Morgan fingerprint density at radius 1 is 1.21 bits per heavy atom. The number of morpholine rings is 1. The van der Waals surface area contributed by atoms with E-state index in [1.165, 1.54) is 12.3 Å². The van der Waals surface area contributed by atoms with Crippen LogP contribution in [0.25, 0.3) is 0 Å². The van der Waals surface area contributed by atoms with Gasteiger partial charge >= 0.3 is 0 Å². The lowest BCUT2D eigenvalue weighted by molar-refractivity contribution is -0.00546. The number of carbonyl (C=O) groups excluding carboxylic acids is 1. The lowest BCUT2D eigenvalue weighted by Crippen LogP contribution is -2.45. The summed E-state index contributed by atoms with van der Waals surface area (Å²) in [4.78, 5) is 19.2. The molecule has 1 saturated heterocycles. The summed E-state index contributed by atoms with van der Waals surface area (Å²) in [5.41, 5.74) is 0.580. The maximum atomic E-state index is 12.6. The first-order chi connectivity index (χ1) is 13.1. The Morgan fingerprint density at radius 3 is 2.46 bits per heavy atom. The Morgan fingerprint density at radius 2 is 1.89 bits per heavy atom. The van der Waals surface area contributed by atoms with Crippen LogP contribution in [0.5, 0.6) is 0 Å². The summed E-state index contributed by atoms with van der Waals surface area (Å²) in [7, 11) is -3.49. The maximum absolute atomic E-state index is 12.6. The van der Waals surface area contributed by atoms with E-state index in [4.69, 9.17) is 4.74 Å². The highest BCUT2D eigenvalue weighted by Gasteiger charge is 2.23. The number of halogens is 1. The quantitative estimate of drug-likeness (QED) is 0.742. The van der Waals surface area contributed by atoms with Crippen LogP contribution in [-0.4, -0.2) is 50.9 Å². The van der Waals surface area contributed by atoms with E-state index in [9.17, 15) is 13.2 Å². The van der Waals surface area contributed by atoms with Gasteiger partial charge in [-0.15, -0.1) is 0 Å². The lowest BCUT2D eigenvalue weighted by atomic mass is 10.2. The summed E-state index contributed by atoms with van der Waals surface area (Å²) in [5, 5.41) is 2.66. The second-order valence-corrected chi connectivity index (χ2v) is 9.83. The summed E-state index contributed by atoms with van der Waals surface area (Å²) in [6.07, 6.45) is 2.82. The summed E-state index contributed by atoms with van der Waals surface area (Å²) >= 11 is 3.25. The largest absolute Gasteiger partial charge is 0.372 e. The van der Waals surface area contributed by atoms with E-state index in [1.54, 1.807) is 24.3 Å². The van der Waals surface area contributed by atoms with Crippen molar-refractivity contribution in [2.24, 2.45) is 0 Å². The molecule has 0 spiro atoms. The van der Waals surface area contributed by atoms with Crippen LogP contribution >= 0.6 is 15.9 Å². The Hall–Kier alpha value is -1.97. The molecule has 2 heterocycles. The van der Waals surface area contributed by atoms with Crippen molar-refractivity contribution < 1.29 is 17.9 Å². The van der Waals surface area contributed by atoms with E-state index in [0.29, 0.717) is 10.0 Å². The van der Waals surface area contributed by atoms with E-state index in [2.05, 4.69) is 31.1 Å². The first kappa shape index (κ1) is 20.8. The van der Waals surface area contributed by atoms with Crippen LogP contribution in [0.3, 0.4) is 0 Å². The number of hydrogen-bond donors (Lipinski definition) is 1. The van der Waals surface area contributed by atoms with Crippen LogP contribution < -0.4 is 10.2 Å². The molecule has 1 aliphatic rings. The number of pyridine rings is 1. The van der Waals surface area contributed by atoms with Crippen molar-refractivity contribution in [3.63, 3.8) is 0 Å². The van der Waals surface area contributed by atoms with Crippen LogP contribution in [0, 0.1) is 0 Å². The molecule has 1 aromatic carbocycles. The standard InChI is InChI=1S/C19H22BrN3O4S/c1-12-10-23(11-13(2)27-12)18-7-4-14(9-21-18)19(24)22-16-6-5-15(20)8-17(16)28(3,25)26/h4-9,12-13H,10-11H2,1-3H3,(H,22,24). The molecule has 2 atom stereocenters. The highest BCUT2D eigenvalue weighted by Crippen LogP contribution is 2.26. The fraction of sp³-hybridized carbons (Fsp3) is 0.368. The van der Waals surface area contributed by atoms with Crippen molar-refractivity contribution in [1.82, 2.24) is 4.98 Å². The third-order valence-electron chi connectivity index (χ3n) is 4.34. The molecule has 9 heteroatoms. The van der Waals surface area contributed by atoms with Gasteiger partial charge in [0.25, 0.3) is 5.91 Å². The fourth-order valence-corrected chi connectivity index (χ4v) is 4.55. The van der Waals surface area contributed by atoms with Gasteiger partial charge in [0.15, 0.2) is 9.84 Å². The van der Waals surface area contributed by atoms with Crippen LogP contribution in [0.4, 0.5) is 11.5 Å². The summed E-state index contributed by atoms with van der Waals surface area (Å²) in [6.45, 7) is 5.50. The van der Waals surface area contributed by atoms with Gasteiger partial charge in [-0.25, -0.2) is 13.4 Å². The van der Waals surface area contributed by atoms with E-state index in [1.807, 2.05) is 13.8 Å². The predicted octanol–water partition coefficient (Wildman–Crippen LogP) is 3.11. The van der Waals surface area contributed by atoms with Crippen molar-refractivity contribution in [2.75, 3.05) is 29.6 Å². The van der Waals surface area contributed by atoms with E-state index in [0.717, 1.165) is 25.2 Å². The molecule has 1 amide bonds. The molecular formula is C19H22BrN3O4S. The van der Waals surface area contributed by atoms with Crippen LogP contribution in [-0.2, 0) is 14.6 Å². The molecular weight excluding hydrogens is 446 g/mol. The van der Waals surface area contributed by atoms with Crippen molar-refractivity contribution in [1.29, 1.82) is 0 Å². The van der Waals surface area contributed by atoms with Crippen molar-refractivity contribution in [3.8, 4) is 0 Å². The summed E-state index contributed by atoms with van der Waals surface area (Å²) < 4.78 is 30.3. The SMILES string of the molecule is CC1CN(c2ccc(C(=O)Nc3ccc(Br)cc3S(C)(=O)=O)cn2)CC(C)O1. The Bertz CT molecular complexity index is 969. The van der Waals surface area contributed by atoms with Gasteiger partial charge in [-0.3, -0.25) is 4.79 Å². The number of carbonyl (C=O) groups is 1. The van der Waals surface area contributed by atoms with Gasteiger partial charge in [0.05, 0.1) is 28.4 Å². The van der Waals surface area contributed by atoms with Gasteiger partial charge < -0.3 is 15.0 Å². The minimum absolute atomic E-state index is 0.0519. The number of rotatable bonds is 4. The highest BCUT2D eigenvalue weighted by molar-refractivity contribution is 9.10. The molecule has 0 aliphatic carbocycles. The average molecular weight is 468 g/mol. The molecule has 0 saturated carbocycles. The average Bonchev–Trinajstić information content (AvgIpc) is 2.61. The van der Waals surface area contributed by atoms with Crippen molar-refractivity contribution in [3.05, 3.63) is 46.6 Å². The Labute approximate surface area is 173 Å². The third-order valence-corrected chi connectivity index (χ3v) is 5.97. The number of sulfone groups is 1. The second kappa shape index (κ2) is 8.18. The number of aromatic nitrogens is 1. The molecule has 2 aromatic rings. The normalized spacial score (nSPS) is 20.1. The maximum Gasteiger partial charge on any atom is 0.257 e. The lowest BCUT2D eigenvalue weighted by Gasteiger charge is -2.36. The molecule has 3 rings (SSSR count). The molecule has 1 N–H and O–H groups in total. The first-order valence-corrected chi connectivity index (χ1v) is 11.5. The molecule has 0 radical (unpaired) electrons. The Kier molecular flexibility index (Phi) is 6.07. The fourth-order valence-electron chi connectivity index (χ4n) is 3.17. The summed E-state index contributed by atoms with van der Waals surface area (Å²) in [5.74, 6) is 0.356. The van der Waals surface area contributed by atoms with Gasteiger partial charge in [0, 0.05) is 30.0 Å². The number of nitrogens with one attached hydrogen (secondary N) is 1. The van der Waals surface area contributed by atoms with Gasteiger partial charge in [-0.05, 0) is 44.2 Å². The number of benzene rings is 1. The minimum Gasteiger partial charge on any atom is -0.372 e. The molecule has 7 nitrogen and oxygen atoms in total. The van der Waals surface area contributed by atoms with E-state index < -0.39 is 15.7 Å².